The van der Waals surface area contributed by atoms with E-state index in [0.29, 0.717) is 0 Å². The number of hydrazone groups is 2. The van der Waals surface area contributed by atoms with Gasteiger partial charge in [-0.25, -0.2) is 4.98 Å². The maximum Gasteiger partial charge on any atom is 0.0900 e. The van der Waals surface area contributed by atoms with Crippen LogP contribution in [0, 0.1) is 0 Å². The van der Waals surface area contributed by atoms with Crippen molar-refractivity contribution >= 4 is 57.5 Å². The van der Waals surface area contributed by atoms with Gasteiger partial charge in [0, 0.05) is 18.0 Å². The summed E-state index contributed by atoms with van der Waals surface area (Å²) in [6.07, 6.45) is 14.7. The third kappa shape index (κ3) is 6.53. The van der Waals surface area contributed by atoms with E-state index in [-0.39, 0.29) is 0 Å². The second-order valence-corrected chi connectivity index (χ2v) is 8.57. The second-order valence-electron chi connectivity index (χ2n) is 7.69. The molecule has 0 amide bonds. The Morgan fingerprint density at radius 1 is 0.730 bits per heavy atom. The molecule has 10 heteroatoms. The van der Waals surface area contributed by atoms with Crippen LogP contribution in [0.1, 0.15) is 11.1 Å². The summed E-state index contributed by atoms with van der Waals surface area (Å²) in [5.74, 6) is 0. The molecule has 2 aliphatic heterocycles. The molecular weight excluding hydrogens is 482 g/mol. The predicted molar refractivity (Wildman–Crippen MR) is 154 cm³/mol. The Morgan fingerprint density at radius 3 is 2.19 bits per heavy atom. The molecule has 0 aliphatic carbocycles. The molecular formula is C27H25N9S. The van der Waals surface area contributed by atoms with Crippen LogP contribution in [-0.2, 0) is 0 Å². The van der Waals surface area contributed by atoms with Crippen LogP contribution >= 0.6 is 11.3 Å². The van der Waals surface area contributed by atoms with Crippen molar-refractivity contribution in [1.29, 1.82) is 0 Å². The molecule has 4 aromatic rings. The van der Waals surface area contributed by atoms with Gasteiger partial charge in [-0.2, -0.15) is 0 Å². The fourth-order valence-electron chi connectivity index (χ4n) is 3.41. The molecule has 0 saturated heterocycles. The van der Waals surface area contributed by atoms with Gasteiger partial charge >= 0.3 is 0 Å². The fourth-order valence-corrected chi connectivity index (χ4v) is 4.09. The zero-order chi connectivity index (χ0) is 25.1. The number of benzene rings is 3. The van der Waals surface area contributed by atoms with Crippen molar-refractivity contribution < 1.29 is 0 Å². The van der Waals surface area contributed by atoms with E-state index in [1.807, 2.05) is 72.3 Å². The van der Waals surface area contributed by atoms with Crippen molar-refractivity contribution in [2.75, 3.05) is 10.9 Å². The average Bonchev–Trinajstić information content (AvgIpc) is 3.44. The maximum atomic E-state index is 4.25. The number of nitrogens with one attached hydrogen (secondary N) is 4. The van der Waals surface area contributed by atoms with Crippen molar-refractivity contribution in [3.63, 3.8) is 0 Å². The van der Waals surface area contributed by atoms with E-state index in [0.717, 1.165) is 28.0 Å². The number of anilines is 2. The van der Waals surface area contributed by atoms with E-state index in [1.54, 1.807) is 36.2 Å². The van der Waals surface area contributed by atoms with Gasteiger partial charge in [0.15, 0.2) is 0 Å². The minimum absolute atomic E-state index is 0.821. The number of thiazole rings is 1. The van der Waals surface area contributed by atoms with Crippen molar-refractivity contribution in [3.05, 3.63) is 114 Å². The molecule has 0 radical (unpaired) electrons. The molecule has 0 fully saturated rings. The van der Waals surface area contributed by atoms with Gasteiger partial charge in [0.2, 0.25) is 0 Å². The molecule has 2 aliphatic rings. The number of rotatable bonds is 6. The van der Waals surface area contributed by atoms with E-state index >= 15 is 0 Å². The molecule has 37 heavy (non-hydrogen) atoms. The summed E-state index contributed by atoms with van der Waals surface area (Å²) in [5, 5.41) is 11.5. The lowest BCUT2D eigenvalue weighted by Gasteiger charge is -2.27. The highest BCUT2D eigenvalue weighted by Crippen LogP contribution is 2.29. The Bertz CT molecular complexity index is 1430. The first-order valence-corrected chi connectivity index (χ1v) is 12.4. The third-order valence-corrected chi connectivity index (χ3v) is 5.96. The van der Waals surface area contributed by atoms with Gasteiger partial charge in [-0.1, -0.05) is 66.7 Å². The van der Waals surface area contributed by atoms with E-state index in [4.69, 9.17) is 0 Å². The van der Waals surface area contributed by atoms with Crippen LogP contribution < -0.4 is 21.7 Å². The number of hydrogen-bond donors (Lipinski definition) is 4. The quantitative estimate of drug-likeness (QED) is 0.258. The van der Waals surface area contributed by atoms with Crippen molar-refractivity contribution in [1.82, 2.24) is 26.3 Å². The first kappa shape index (κ1) is 23.6. The number of para-hydroxylation sites is 2. The minimum Gasteiger partial charge on any atom is -0.270 e. The third-order valence-electron chi connectivity index (χ3n) is 5.15. The van der Waals surface area contributed by atoms with Crippen LogP contribution in [0.4, 0.5) is 11.4 Å². The summed E-state index contributed by atoms with van der Waals surface area (Å²) < 4.78 is 1.26. The van der Waals surface area contributed by atoms with E-state index in [2.05, 4.69) is 67.2 Å². The van der Waals surface area contributed by atoms with Crippen molar-refractivity contribution in [2.24, 2.45) is 10.2 Å². The van der Waals surface area contributed by atoms with Gasteiger partial charge in [0.1, 0.15) is 0 Å². The van der Waals surface area contributed by atoms with Gasteiger partial charge in [-0.3, -0.25) is 21.7 Å². The van der Waals surface area contributed by atoms with Crippen LogP contribution in [0.2, 0.25) is 0 Å². The summed E-state index contributed by atoms with van der Waals surface area (Å²) in [6.45, 7) is 0. The lowest BCUT2D eigenvalue weighted by Crippen LogP contribution is -2.38. The Morgan fingerprint density at radius 2 is 1.46 bits per heavy atom. The van der Waals surface area contributed by atoms with Gasteiger partial charge in [-0.15, -0.1) is 32.0 Å². The van der Waals surface area contributed by atoms with Crippen molar-refractivity contribution in [3.8, 4) is 0 Å². The molecule has 6 rings (SSSR count). The van der Waals surface area contributed by atoms with Gasteiger partial charge in [0.25, 0.3) is 0 Å². The van der Waals surface area contributed by atoms with E-state index in [1.165, 1.54) is 15.2 Å². The number of nitrogens with zero attached hydrogens (tertiary/aromatic N) is 5. The summed E-state index contributed by atoms with van der Waals surface area (Å²) >= 11 is 1.68. The predicted octanol–water partition coefficient (Wildman–Crippen LogP) is 5.45. The first-order valence-electron chi connectivity index (χ1n) is 11.5. The molecule has 0 saturated carbocycles. The second kappa shape index (κ2) is 12.0. The smallest absolute Gasteiger partial charge is 0.0900 e. The zero-order valence-corrected chi connectivity index (χ0v) is 20.6. The molecule has 0 bridgehead atoms. The van der Waals surface area contributed by atoms with Gasteiger partial charge in [-0.05, 0) is 35.9 Å². The topological polar surface area (TPSA) is 92.2 Å². The zero-order valence-electron chi connectivity index (χ0n) is 19.8. The normalized spacial score (nSPS) is 13.7. The molecule has 0 atom stereocenters. The summed E-state index contributed by atoms with van der Waals surface area (Å²) in [4.78, 5) is 4.14. The fraction of sp³-hybridized carbons (Fsp3) is 0. The van der Waals surface area contributed by atoms with E-state index < -0.39 is 0 Å². The Hall–Kier alpha value is -5.09. The number of allylic oxidation sites excluding steroid dienone is 2. The van der Waals surface area contributed by atoms with E-state index in [9.17, 15) is 0 Å². The minimum atomic E-state index is 0.821. The molecule has 0 unspecified atom stereocenters. The van der Waals surface area contributed by atoms with Crippen LogP contribution in [-0.4, -0.2) is 27.9 Å². The van der Waals surface area contributed by atoms with Crippen LogP contribution in [0.15, 0.2) is 113 Å². The highest BCUT2D eigenvalue weighted by molar-refractivity contribution is 7.16. The monoisotopic (exact) mass is 507 g/mol. The van der Waals surface area contributed by atoms with Crippen LogP contribution in [0.3, 0.4) is 0 Å². The van der Waals surface area contributed by atoms with Crippen LogP contribution in [0.25, 0.3) is 22.4 Å². The van der Waals surface area contributed by atoms with Gasteiger partial charge in [0.05, 0.1) is 39.5 Å². The maximum absolute atomic E-state index is 4.25. The summed E-state index contributed by atoms with van der Waals surface area (Å²) in [5.41, 5.74) is 19.3. The molecule has 0 spiro atoms. The Balaban J connectivity index is 0.000000260. The van der Waals surface area contributed by atoms with Crippen molar-refractivity contribution in [2.45, 2.75) is 0 Å². The Kier molecular flexibility index (Phi) is 7.70. The summed E-state index contributed by atoms with van der Waals surface area (Å²) in [6, 6.07) is 24.3. The number of fused-ring (bicyclic) bond motifs is 1. The molecule has 4 N–H and O–H groups in total. The van der Waals surface area contributed by atoms with Gasteiger partial charge < -0.3 is 0 Å². The molecule has 3 heterocycles. The molecule has 9 nitrogen and oxygen atoms in total. The molecule has 1 aromatic heterocycles. The standard InChI is InChI=1S/C20H20N8.C7H5NS/c1-2-7-17(8-3-1)11-12-18-9-4-10-19(25-27-21-13-5-14-22-27)20(18)26-28-23-15-6-16-24-28;1-2-4-7-6(3-1)8-5-9-7/h1-16,21,23,25-26H;1-5H. The molecule has 184 valence electrons. The highest BCUT2D eigenvalue weighted by Gasteiger charge is 2.12. The Labute approximate surface area is 218 Å². The van der Waals surface area contributed by atoms with Crippen LogP contribution in [0.5, 0.6) is 0 Å². The largest absolute Gasteiger partial charge is 0.270 e. The number of hydrogen-bond acceptors (Lipinski definition) is 10. The number of hydrazine groups is 4. The SMILES string of the molecule is C1=CNN(Nc2cccc(C=Cc3ccccc3)c2NN2N=CC=CN2)N=C1.c1ccc2scnc2c1. The average molecular weight is 508 g/mol. The lowest BCUT2D eigenvalue weighted by molar-refractivity contribution is 0.279. The lowest BCUT2D eigenvalue weighted by atomic mass is 10.1. The highest BCUT2D eigenvalue weighted by atomic mass is 32.1. The first-order chi connectivity index (χ1) is 18.3. The number of aromatic nitrogens is 1. The summed E-state index contributed by atoms with van der Waals surface area (Å²) in [7, 11) is 0. The molecule has 3 aromatic carbocycles.